The summed E-state index contributed by atoms with van der Waals surface area (Å²) < 4.78 is 0. The van der Waals surface area contributed by atoms with Crippen LogP contribution < -0.4 is 0 Å². The van der Waals surface area contributed by atoms with Gasteiger partial charge in [0.2, 0.25) is 0 Å². The second-order valence-corrected chi connectivity index (χ2v) is 4.85. The number of para-hydroxylation sites is 2. The Bertz CT molecular complexity index is 818. The van der Waals surface area contributed by atoms with Gasteiger partial charge in [-0.3, -0.25) is 24.4 Å². The summed E-state index contributed by atoms with van der Waals surface area (Å²) in [6.07, 6.45) is 2.83. The minimum atomic E-state index is -0.656. The van der Waals surface area contributed by atoms with Crippen molar-refractivity contribution < 1.29 is 14.4 Å². The quantitative estimate of drug-likeness (QED) is 0.580. The van der Waals surface area contributed by atoms with E-state index >= 15 is 0 Å². The van der Waals surface area contributed by atoms with Crippen LogP contribution in [-0.2, 0) is 9.59 Å². The van der Waals surface area contributed by atoms with E-state index in [4.69, 9.17) is 0 Å². The molecule has 1 fully saturated rings. The average Bonchev–Trinajstić information content (AvgIpc) is 2.55. The molecule has 0 saturated carbocycles. The third-order valence-corrected chi connectivity index (χ3v) is 3.40. The molecule has 0 atom stereocenters. The molecule has 110 valence electrons. The van der Waals surface area contributed by atoms with E-state index in [1.54, 1.807) is 6.07 Å². The monoisotopic (exact) mass is 296 g/mol. The number of urea groups is 1. The number of nitrogens with zero attached hydrogens (tertiary/aromatic N) is 4. The number of rotatable bonds is 1. The zero-order valence-electron chi connectivity index (χ0n) is 12.0. The molecular weight excluding hydrogens is 284 g/mol. The van der Waals surface area contributed by atoms with Crippen molar-refractivity contribution in [3.05, 3.63) is 41.7 Å². The number of benzene rings is 1. The molecule has 2 aromatic rings. The van der Waals surface area contributed by atoms with Gasteiger partial charge in [-0.05, 0) is 18.2 Å². The first-order chi connectivity index (χ1) is 10.5. The molecule has 1 aliphatic rings. The summed E-state index contributed by atoms with van der Waals surface area (Å²) in [5, 5.41) is 0. The Hall–Kier alpha value is -3.09. The topological polar surface area (TPSA) is 83.5 Å². The Morgan fingerprint density at radius 2 is 1.55 bits per heavy atom. The molecule has 22 heavy (non-hydrogen) atoms. The van der Waals surface area contributed by atoms with Crippen molar-refractivity contribution in [1.82, 2.24) is 19.8 Å². The molecule has 2 heterocycles. The Morgan fingerprint density at radius 1 is 0.955 bits per heavy atom. The Kier molecular flexibility index (Phi) is 3.17. The summed E-state index contributed by atoms with van der Waals surface area (Å²) in [5.41, 5.74) is 1.64. The zero-order valence-corrected chi connectivity index (χ0v) is 12.0. The first kappa shape index (κ1) is 13.9. The van der Waals surface area contributed by atoms with Crippen LogP contribution in [0, 0.1) is 0 Å². The van der Waals surface area contributed by atoms with Crippen LogP contribution >= 0.6 is 0 Å². The number of hydrogen-bond donors (Lipinski definition) is 0. The molecular formula is C15H12N4O3. The summed E-state index contributed by atoms with van der Waals surface area (Å²) in [6.45, 7) is 0. The molecule has 0 N–H and O–H groups in total. The summed E-state index contributed by atoms with van der Waals surface area (Å²) >= 11 is 0. The molecule has 0 aliphatic carbocycles. The number of amides is 4. The van der Waals surface area contributed by atoms with Crippen LogP contribution in [0.15, 0.2) is 36.0 Å². The number of imide groups is 2. The van der Waals surface area contributed by atoms with Crippen molar-refractivity contribution in [2.24, 2.45) is 0 Å². The van der Waals surface area contributed by atoms with E-state index in [1.807, 2.05) is 18.2 Å². The molecule has 1 aliphatic heterocycles. The molecule has 0 unspecified atom stereocenters. The van der Waals surface area contributed by atoms with E-state index in [0.29, 0.717) is 11.2 Å². The normalized spacial score (nSPS) is 15.7. The number of likely N-dealkylation sites (N-methyl/N-ethyl adjacent to an activating group) is 2. The third-order valence-electron chi connectivity index (χ3n) is 3.40. The molecule has 1 aromatic carbocycles. The van der Waals surface area contributed by atoms with Gasteiger partial charge in [-0.15, -0.1) is 0 Å². The van der Waals surface area contributed by atoms with Crippen LogP contribution in [-0.4, -0.2) is 51.7 Å². The summed E-state index contributed by atoms with van der Waals surface area (Å²) in [5.74, 6) is -1.30. The molecule has 0 spiro atoms. The molecule has 4 amide bonds. The minimum Gasteiger partial charge on any atom is -0.268 e. The maximum Gasteiger partial charge on any atom is 0.333 e. The third kappa shape index (κ3) is 2.12. The second kappa shape index (κ2) is 5.03. The molecule has 0 radical (unpaired) electrons. The molecule has 0 bridgehead atoms. The second-order valence-electron chi connectivity index (χ2n) is 4.85. The van der Waals surface area contributed by atoms with Gasteiger partial charge in [-0.2, -0.15) is 0 Å². The van der Waals surface area contributed by atoms with Gasteiger partial charge in [0, 0.05) is 14.1 Å². The van der Waals surface area contributed by atoms with Crippen LogP contribution in [0.25, 0.3) is 17.1 Å². The molecule has 3 rings (SSSR count). The maximum absolute atomic E-state index is 12.1. The predicted molar refractivity (Wildman–Crippen MR) is 78.5 cm³/mol. The van der Waals surface area contributed by atoms with Crippen molar-refractivity contribution >= 4 is 35.0 Å². The minimum absolute atomic E-state index is 0.116. The lowest BCUT2D eigenvalue weighted by Gasteiger charge is -2.28. The SMILES string of the molecule is CN1C(=O)C(=Cc2cnc3ccccc3n2)C(=O)N(C)C1=O. The molecule has 1 saturated heterocycles. The Balaban J connectivity index is 2.06. The summed E-state index contributed by atoms with van der Waals surface area (Å²) in [4.78, 5) is 46.2. The smallest absolute Gasteiger partial charge is 0.268 e. The van der Waals surface area contributed by atoms with Crippen molar-refractivity contribution in [2.45, 2.75) is 0 Å². The fraction of sp³-hybridized carbons (Fsp3) is 0.133. The number of barbiturate groups is 1. The molecule has 7 heteroatoms. The van der Waals surface area contributed by atoms with Gasteiger partial charge in [0.05, 0.1) is 22.9 Å². The highest BCUT2D eigenvalue weighted by molar-refractivity contribution is 6.30. The van der Waals surface area contributed by atoms with Crippen LogP contribution in [0.2, 0.25) is 0 Å². The van der Waals surface area contributed by atoms with Crippen molar-refractivity contribution in [3.8, 4) is 0 Å². The number of carbonyl (C=O) groups excluding carboxylic acids is 3. The van der Waals surface area contributed by atoms with Gasteiger partial charge in [0.25, 0.3) is 11.8 Å². The lowest BCUT2D eigenvalue weighted by atomic mass is 10.1. The van der Waals surface area contributed by atoms with E-state index in [9.17, 15) is 14.4 Å². The van der Waals surface area contributed by atoms with Crippen LogP contribution in [0.3, 0.4) is 0 Å². The highest BCUT2D eigenvalue weighted by atomic mass is 16.2. The van der Waals surface area contributed by atoms with Crippen LogP contribution in [0.5, 0.6) is 0 Å². The van der Waals surface area contributed by atoms with Gasteiger partial charge in [-0.25, -0.2) is 9.78 Å². The molecule has 7 nitrogen and oxygen atoms in total. The number of carbonyl (C=O) groups is 3. The van der Waals surface area contributed by atoms with Crippen LogP contribution in [0.4, 0.5) is 4.79 Å². The molecule has 1 aromatic heterocycles. The van der Waals surface area contributed by atoms with Gasteiger partial charge in [-0.1, -0.05) is 12.1 Å². The van der Waals surface area contributed by atoms with Crippen LogP contribution in [0.1, 0.15) is 5.69 Å². The average molecular weight is 296 g/mol. The van der Waals surface area contributed by atoms with E-state index in [2.05, 4.69) is 9.97 Å². The number of hydrogen-bond acceptors (Lipinski definition) is 5. The van der Waals surface area contributed by atoms with E-state index < -0.39 is 17.8 Å². The number of fused-ring (bicyclic) bond motifs is 1. The lowest BCUT2D eigenvalue weighted by molar-refractivity contribution is -0.134. The van der Waals surface area contributed by atoms with Crippen molar-refractivity contribution in [1.29, 1.82) is 0 Å². The van der Waals surface area contributed by atoms with Gasteiger partial charge < -0.3 is 0 Å². The van der Waals surface area contributed by atoms with Crippen molar-refractivity contribution in [2.75, 3.05) is 14.1 Å². The predicted octanol–water partition coefficient (Wildman–Crippen LogP) is 1.06. The van der Waals surface area contributed by atoms with E-state index in [0.717, 1.165) is 15.3 Å². The lowest BCUT2D eigenvalue weighted by Crippen LogP contribution is -2.52. The maximum atomic E-state index is 12.1. The summed E-state index contributed by atoms with van der Waals surface area (Å²) in [7, 11) is 2.65. The van der Waals surface area contributed by atoms with E-state index in [-0.39, 0.29) is 5.57 Å². The number of aromatic nitrogens is 2. The van der Waals surface area contributed by atoms with E-state index in [1.165, 1.54) is 26.4 Å². The van der Waals surface area contributed by atoms with Crippen molar-refractivity contribution in [3.63, 3.8) is 0 Å². The largest absolute Gasteiger partial charge is 0.333 e. The van der Waals surface area contributed by atoms with Gasteiger partial charge in [0.1, 0.15) is 5.57 Å². The first-order valence-corrected chi connectivity index (χ1v) is 6.52. The zero-order chi connectivity index (χ0) is 15.9. The highest BCUT2D eigenvalue weighted by Crippen LogP contribution is 2.17. The van der Waals surface area contributed by atoms with Gasteiger partial charge in [0.15, 0.2) is 0 Å². The standard InChI is InChI=1S/C15H12N4O3/c1-18-13(20)10(14(21)19(2)15(18)22)7-9-8-16-11-5-3-4-6-12(11)17-9/h3-8H,1-2H3. The fourth-order valence-corrected chi connectivity index (χ4v) is 2.16. The fourth-order valence-electron chi connectivity index (χ4n) is 2.16. The summed E-state index contributed by atoms with van der Waals surface area (Å²) in [6, 6.07) is 6.62. The Labute approximate surface area is 125 Å². The van der Waals surface area contributed by atoms with Gasteiger partial charge >= 0.3 is 6.03 Å². The highest BCUT2D eigenvalue weighted by Gasteiger charge is 2.37. The first-order valence-electron chi connectivity index (χ1n) is 6.52. The Morgan fingerprint density at radius 3 is 2.18 bits per heavy atom.